The number of benzene rings is 2. The number of nitrogens with zero attached hydrogens (tertiary/aromatic N) is 2. The van der Waals surface area contributed by atoms with Gasteiger partial charge in [-0.1, -0.05) is 30.3 Å². The predicted octanol–water partition coefficient (Wildman–Crippen LogP) is 4.41. The number of rotatable bonds is 6. The average molecular weight is 478 g/mol. The average Bonchev–Trinajstić information content (AvgIpc) is 3.30. The van der Waals surface area contributed by atoms with E-state index in [9.17, 15) is 9.59 Å². The highest BCUT2D eigenvalue weighted by molar-refractivity contribution is 5.89. The van der Waals surface area contributed by atoms with Crippen molar-refractivity contribution in [1.29, 1.82) is 0 Å². The molecule has 4 rings (SSSR count). The first-order valence-electron chi connectivity index (χ1n) is 11.7. The Morgan fingerprint density at radius 1 is 1.11 bits per heavy atom. The van der Waals surface area contributed by atoms with Gasteiger partial charge in [-0.05, 0) is 32.9 Å². The molecule has 184 valence electrons. The van der Waals surface area contributed by atoms with Gasteiger partial charge in [-0.2, -0.15) is 0 Å². The lowest BCUT2D eigenvalue weighted by atomic mass is 10.1. The fraction of sp³-hybridized carbons (Fsp3) is 0.370. The molecule has 0 unspecified atom stereocenters. The Labute approximate surface area is 205 Å². The molecular weight excluding hydrogens is 446 g/mol. The van der Waals surface area contributed by atoms with E-state index in [0.29, 0.717) is 25.3 Å². The van der Waals surface area contributed by atoms with Crippen molar-refractivity contribution in [3.63, 3.8) is 0 Å². The smallest absolute Gasteiger partial charge is 0.408 e. The Hall–Kier alpha value is -3.81. The van der Waals surface area contributed by atoms with Gasteiger partial charge in [-0.15, -0.1) is 0 Å². The molecule has 8 nitrogen and oxygen atoms in total. The number of likely N-dealkylation sites (tertiary alicyclic amines) is 1. The third-order valence-electron chi connectivity index (χ3n) is 5.62. The summed E-state index contributed by atoms with van der Waals surface area (Å²) >= 11 is 0. The molecule has 2 aromatic carbocycles. The number of methoxy groups -OCH3 is 1. The molecule has 0 spiro atoms. The number of amides is 2. The van der Waals surface area contributed by atoms with Gasteiger partial charge in [-0.25, -0.2) is 9.78 Å². The minimum absolute atomic E-state index is 0.113. The topological polar surface area (TPSA) is 90.0 Å². The molecule has 1 atom stereocenters. The quantitative estimate of drug-likeness (QED) is 0.566. The maximum absolute atomic E-state index is 12.6. The molecular formula is C27H31N3O5. The van der Waals surface area contributed by atoms with Crippen LogP contribution in [0.2, 0.25) is 0 Å². The van der Waals surface area contributed by atoms with Crippen LogP contribution >= 0.6 is 0 Å². The van der Waals surface area contributed by atoms with E-state index in [-0.39, 0.29) is 18.6 Å². The van der Waals surface area contributed by atoms with Crippen LogP contribution in [-0.4, -0.2) is 60.3 Å². The molecule has 1 N–H and O–H groups in total. The highest BCUT2D eigenvalue weighted by Gasteiger charge is 2.29. The molecule has 1 saturated heterocycles. The summed E-state index contributed by atoms with van der Waals surface area (Å²) in [7, 11) is 1.63. The first kappa shape index (κ1) is 24.3. The molecule has 1 aromatic heterocycles. The van der Waals surface area contributed by atoms with Crippen LogP contribution in [0.15, 0.2) is 54.6 Å². The van der Waals surface area contributed by atoms with Crippen LogP contribution in [0.4, 0.5) is 4.79 Å². The van der Waals surface area contributed by atoms with Crippen LogP contribution in [0.25, 0.3) is 22.2 Å². The van der Waals surface area contributed by atoms with Crippen molar-refractivity contribution in [2.24, 2.45) is 0 Å². The number of ether oxygens (including phenoxy) is 3. The molecule has 2 heterocycles. The molecule has 1 aliphatic heterocycles. The summed E-state index contributed by atoms with van der Waals surface area (Å²) in [5.41, 5.74) is 1.94. The number of alkyl carbamates (subject to hydrolysis) is 1. The van der Waals surface area contributed by atoms with E-state index in [1.165, 1.54) is 0 Å². The minimum Gasteiger partial charge on any atom is -0.497 e. The molecule has 35 heavy (non-hydrogen) atoms. The van der Waals surface area contributed by atoms with Gasteiger partial charge < -0.3 is 24.4 Å². The fourth-order valence-electron chi connectivity index (χ4n) is 3.96. The van der Waals surface area contributed by atoms with Crippen LogP contribution in [0.1, 0.15) is 27.2 Å². The van der Waals surface area contributed by atoms with Gasteiger partial charge in [0.15, 0.2) is 0 Å². The van der Waals surface area contributed by atoms with Crippen molar-refractivity contribution in [3.05, 3.63) is 54.6 Å². The Bertz CT molecular complexity index is 1210. The van der Waals surface area contributed by atoms with E-state index >= 15 is 0 Å². The summed E-state index contributed by atoms with van der Waals surface area (Å²) in [6.45, 7) is 6.21. The zero-order valence-electron chi connectivity index (χ0n) is 20.5. The second-order valence-electron chi connectivity index (χ2n) is 9.48. The van der Waals surface area contributed by atoms with Crippen LogP contribution in [-0.2, 0) is 9.53 Å². The normalized spacial score (nSPS) is 15.7. The summed E-state index contributed by atoms with van der Waals surface area (Å²) in [6, 6.07) is 17.6. The Morgan fingerprint density at radius 3 is 2.60 bits per heavy atom. The molecule has 0 bridgehead atoms. The number of hydrogen-bond donors (Lipinski definition) is 1. The Balaban J connectivity index is 1.47. The number of pyridine rings is 1. The van der Waals surface area contributed by atoms with Gasteiger partial charge in [0.05, 0.1) is 24.9 Å². The molecule has 3 aromatic rings. The highest BCUT2D eigenvalue weighted by atomic mass is 16.6. The van der Waals surface area contributed by atoms with Crippen LogP contribution in [0.3, 0.4) is 0 Å². The number of aromatic nitrogens is 1. The lowest BCUT2D eigenvalue weighted by molar-refractivity contribution is -0.129. The van der Waals surface area contributed by atoms with Gasteiger partial charge in [0.2, 0.25) is 5.91 Å². The number of nitrogens with one attached hydrogen (secondary N) is 1. The van der Waals surface area contributed by atoms with Crippen LogP contribution < -0.4 is 14.8 Å². The third-order valence-corrected chi connectivity index (χ3v) is 5.62. The van der Waals surface area contributed by atoms with E-state index in [2.05, 4.69) is 5.32 Å². The summed E-state index contributed by atoms with van der Waals surface area (Å²) < 4.78 is 17.0. The summed E-state index contributed by atoms with van der Waals surface area (Å²) in [4.78, 5) is 31.0. The van der Waals surface area contributed by atoms with Gasteiger partial charge >= 0.3 is 6.09 Å². The predicted molar refractivity (Wildman–Crippen MR) is 134 cm³/mol. The fourth-order valence-corrected chi connectivity index (χ4v) is 3.96. The second kappa shape index (κ2) is 10.2. The summed E-state index contributed by atoms with van der Waals surface area (Å²) in [5.74, 6) is 1.26. The standard InChI is InChI=1S/C27H31N3O5/c1-27(2,3)35-26(32)28-16-25(31)30-13-12-20(17-30)34-24-15-22(18-8-6-5-7-9-18)29-23-14-19(33-4)10-11-21(23)24/h5-11,14-15,20H,12-13,16-17H2,1-4H3,(H,28,32)/t20-/m1/s1. The lowest BCUT2D eigenvalue weighted by Crippen LogP contribution is -2.41. The maximum atomic E-state index is 12.6. The van der Waals surface area contributed by atoms with Crippen LogP contribution in [0, 0.1) is 0 Å². The van der Waals surface area contributed by atoms with Crippen molar-refractivity contribution in [2.75, 3.05) is 26.7 Å². The van der Waals surface area contributed by atoms with Crippen molar-refractivity contribution < 1.29 is 23.8 Å². The number of carbonyl (C=O) groups excluding carboxylic acids is 2. The number of fused-ring (bicyclic) bond motifs is 1. The van der Waals surface area contributed by atoms with Crippen molar-refractivity contribution in [1.82, 2.24) is 15.2 Å². The second-order valence-corrected chi connectivity index (χ2v) is 9.48. The molecule has 1 aliphatic rings. The van der Waals surface area contributed by atoms with E-state index < -0.39 is 11.7 Å². The molecule has 0 radical (unpaired) electrons. The molecule has 8 heteroatoms. The summed E-state index contributed by atoms with van der Waals surface area (Å²) in [5, 5.41) is 3.40. The Morgan fingerprint density at radius 2 is 1.89 bits per heavy atom. The molecule has 0 saturated carbocycles. The van der Waals surface area contributed by atoms with Crippen molar-refractivity contribution in [3.8, 4) is 22.8 Å². The first-order chi connectivity index (χ1) is 16.7. The van der Waals surface area contributed by atoms with E-state index in [0.717, 1.165) is 27.9 Å². The van der Waals surface area contributed by atoms with Gasteiger partial charge in [0, 0.05) is 36.0 Å². The number of carbonyl (C=O) groups is 2. The molecule has 2 amide bonds. The monoisotopic (exact) mass is 477 g/mol. The van der Waals surface area contributed by atoms with Crippen molar-refractivity contribution >= 4 is 22.9 Å². The largest absolute Gasteiger partial charge is 0.497 e. The maximum Gasteiger partial charge on any atom is 0.408 e. The van der Waals surface area contributed by atoms with Crippen molar-refractivity contribution in [2.45, 2.75) is 38.9 Å². The summed E-state index contributed by atoms with van der Waals surface area (Å²) in [6.07, 6.45) is -0.0829. The molecule has 0 aliphatic carbocycles. The highest BCUT2D eigenvalue weighted by Crippen LogP contribution is 2.33. The minimum atomic E-state index is -0.615. The molecule has 1 fully saturated rings. The number of hydrogen-bond acceptors (Lipinski definition) is 6. The lowest BCUT2D eigenvalue weighted by Gasteiger charge is -2.21. The SMILES string of the molecule is COc1ccc2c(O[C@@H]3CCN(C(=O)CNC(=O)OC(C)(C)C)C3)cc(-c3ccccc3)nc2c1. The van der Waals surface area contributed by atoms with E-state index in [1.807, 2.05) is 54.6 Å². The van der Waals surface area contributed by atoms with Gasteiger partial charge in [-0.3, -0.25) is 4.79 Å². The van der Waals surface area contributed by atoms with Gasteiger partial charge in [0.25, 0.3) is 0 Å². The Kier molecular flexibility index (Phi) is 7.10. The van der Waals surface area contributed by atoms with E-state index in [1.54, 1.807) is 32.8 Å². The zero-order valence-corrected chi connectivity index (χ0v) is 20.5. The third kappa shape index (κ3) is 6.20. The zero-order chi connectivity index (χ0) is 25.0. The van der Waals surface area contributed by atoms with Gasteiger partial charge in [0.1, 0.15) is 29.7 Å². The van der Waals surface area contributed by atoms with Crippen LogP contribution in [0.5, 0.6) is 11.5 Å². The van der Waals surface area contributed by atoms with E-state index in [4.69, 9.17) is 19.2 Å². The first-order valence-corrected chi connectivity index (χ1v) is 11.7.